The van der Waals surface area contributed by atoms with E-state index in [0.717, 1.165) is 5.56 Å². The lowest BCUT2D eigenvalue weighted by Gasteiger charge is -2.15. The van der Waals surface area contributed by atoms with Crippen LogP contribution in [0.4, 0.5) is 8.78 Å². The van der Waals surface area contributed by atoms with Crippen LogP contribution in [0.15, 0.2) is 30.3 Å². The molecule has 2 aromatic carbocycles. The maximum atomic E-state index is 13.2. The summed E-state index contributed by atoms with van der Waals surface area (Å²) in [7, 11) is 0. The van der Waals surface area contributed by atoms with Crippen molar-refractivity contribution in [1.82, 2.24) is 5.32 Å². The van der Waals surface area contributed by atoms with E-state index in [1.54, 1.807) is 25.1 Å². The van der Waals surface area contributed by atoms with Crippen LogP contribution in [0, 0.1) is 11.6 Å². The Hall–Kier alpha value is -2.87. The fraction of sp³-hybridized carbons (Fsp3) is 0.222. The van der Waals surface area contributed by atoms with Gasteiger partial charge in [-0.2, -0.15) is 0 Å². The van der Waals surface area contributed by atoms with Crippen molar-refractivity contribution >= 4 is 23.5 Å². The fourth-order valence-corrected chi connectivity index (χ4v) is 2.66. The molecule has 3 rings (SSSR count). The first-order valence-corrected chi connectivity index (χ1v) is 8.23. The van der Waals surface area contributed by atoms with Crippen molar-refractivity contribution in [3.8, 4) is 11.5 Å². The van der Waals surface area contributed by atoms with E-state index in [2.05, 4.69) is 5.32 Å². The van der Waals surface area contributed by atoms with Gasteiger partial charge in [-0.3, -0.25) is 4.79 Å². The number of amides is 1. The Morgan fingerprint density at radius 3 is 2.67 bits per heavy atom. The van der Waals surface area contributed by atoms with Crippen molar-refractivity contribution in [1.29, 1.82) is 0 Å². The zero-order chi connectivity index (χ0) is 19.6. The smallest absolute Gasteiger partial charge is 0.340 e. The van der Waals surface area contributed by atoms with Crippen LogP contribution in [0.3, 0.4) is 0 Å². The Bertz CT molecular complexity index is 906. The second-order valence-electron chi connectivity index (χ2n) is 5.72. The zero-order valence-electron chi connectivity index (χ0n) is 14.1. The highest BCUT2D eigenvalue weighted by Gasteiger charge is 2.19. The third kappa shape index (κ3) is 4.28. The first-order valence-electron chi connectivity index (χ1n) is 7.85. The number of ether oxygens (including phenoxy) is 3. The molecule has 1 aliphatic heterocycles. The standard InChI is InChI=1S/C18H14ClF2NO5/c1-9(10-2-3-15-16(4-10)27-8-26-15)22-17(23)7-25-18(24)11-5-13(20)14(21)6-12(11)19/h2-6,9H,7-8H2,1H3,(H,22,23)/t9-/m0/s1. The van der Waals surface area contributed by atoms with Crippen molar-refractivity contribution in [3.63, 3.8) is 0 Å². The topological polar surface area (TPSA) is 73.9 Å². The van der Waals surface area contributed by atoms with Crippen molar-refractivity contribution in [2.45, 2.75) is 13.0 Å². The van der Waals surface area contributed by atoms with Gasteiger partial charge in [-0.25, -0.2) is 13.6 Å². The normalized spacial score (nSPS) is 13.2. The van der Waals surface area contributed by atoms with Crippen molar-refractivity contribution in [3.05, 3.63) is 58.1 Å². The average molecular weight is 398 g/mol. The van der Waals surface area contributed by atoms with Gasteiger partial charge in [-0.1, -0.05) is 17.7 Å². The van der Waals surface area contributed by atoms with Crippen LogP contribution in [-0.4, -0.2) is 25.3 Å². The van der Waals surface area contributed by atoms with Crippen LogP contribution in [0.2, 0.25) is 5.02 Å². The third-order valence-electron chi connectivity index (χ3n) is 3.84. The number of hydrogen-bond acceptors (Lipinski definition) is 5. The molecule has 0 spiro atoms. The Labute approximate surface area is 158 Å². The summed E-state index contributed by atoms with van der Waals surface area (Å²) in [6, 6.07) is 6.12. The molecule has 9 heteroatoms. The van der Waals surface area contributed by atoms with Crippen LogP contribution >= 0.6 is 11.6 Å². The molecule has 6 nitrogen and oxygen atoms in total. The van der Waals surface area contributed by atoms with Crippen LogP contribution in [0.25, 0.3) is 0 Å². The van der Waals surface area contributed by atoms with Crippen molar-refractivity contribution < 1.29 is 32.6 Å². The first kappa shape index (κ1) is 18.9. The van der Waals surface area contributed by atoms with Gasteiger partial charge in [0.1, 0.15) is 0 Å². The summed E-state index contributed by atoms with van der Waals surface area (Å²) in [5.74, 6) is -2.85. The molecule has 0 saturated heterocycles. The summed E-state index contributed by atoms with van der Waals surface area (Å²) in [6.07, 6.45) is 0. The number of rotatable bonds is 5. The SMILES string of the molecule is C[C@H](NC(=O)COC(=O)c1cc(F)c(F)cc1Cl)c1ccc2c(c1)OCO2. The molecule has 27 heavy (non-hydrogen) atoms. The second kappa shape index (κ2) is 7.79. The Kier molecular flexibility index (Phi) is 5.46. The van der Waals surface area contributed by atoms with Gasteiger partial charge in [-0.15, -0.1) is 0 Å². The molecular formula is C18H14ClF2NO5. The van der Waals surface area contributed by atoms with Gasteiger partial charge in [0, 0.05) is 0 Å². The highest BCUT2D eigenvalue weighted by Crippen LogP contribution is 2.34. The van der Waals surface area contributed by atoms with E-state index in [-0.39, 0.29) is 17.4 Å². The van der Waals surface area contributed by atoms with E-state index in [9.17, 15) is 18.4 Å². The Morgan fingerprint density at radius 2 is 1.89 bits per heavy atom. The highest BCUT2D eigenvalue weighted by molar-refractivity contribution is 6.33. The molecule has 0 aliphatic carbocycles. The molecule has 0 aromatic heterocycles. The van der Waals surface area contributed by atoms with E-state index < -0.39 is 36.2 Å². The van der Waals surface area contributed by atoms with Gasteiger partial charge >= 0.3 is 5.97 Å². The van der Waals surface area contributed by atoms with Crippen molar-refractivity contribution in [2.24, 2.45) is 0 Å². The number of benzene rings is 2. The Balaban J connectivity index is 1.56. The lowest BCUT2D eigenvalue weighted by molar-refractivity contribution is -0.124. The van der Waals surface area contributed by atoms with Crippen LogP contribution < -0.4 is 14.8 Å². The summed E-state index contributed by atoms with van der Waals surface area (Å²) in [6.45, 7) is 1.27. The van der Waals surface area contributed by atoms with Gasteiger partial charge in [0.25, 0.3) is 5.91 Å². The van der Waals surface area contributed by atoms with E-state index in [4.69, 9.17) is 25.8 Å². The monoisotopic (exact) mass is 397 g/mol. The minimum Gasteiger partial charge on any atom is -0.454 e. The van der Waals surface area contributed by atoms with E-state index in [1.165, 1.54) is 0 Å². The highest BCUT2D eigenvalue weighted by atomic mass is 35.5. The molecule has 0 radical (unpaired) electrons. The number of nitrogens with one attached hydrogen (secondary N) is 1. The van der Waals surface area contributed by atoms with Gasteiger partial charge in [0.2, 0.25) is 6.79 Å². The predicted molar refractivity (Wildman–Crippen MR) is 90.8 cm³/mol. The largest absolute Gasteiger partial charge is 0.454 e. The second-order valence-corrected chi connectivity index (χ2v) is 6.13. The molecule has 0 bridgehead atoms. The quantitative estimate of drug-likeness (QED) is 0.618. The van der Waals surface area contributed by atoms with Gasteiger partial charge in [0.05, 0.1) is 16.6 Å². The number of carbonyl (C=O) groups excluding carboxylic acids is 2. The van der Waals surface area contributed by atoms with Gasteiger partial charge in [0.15, 0.2) is 29.7 Å². The lowest BCUT2D eigenvalue weighted by Crippen LogP contribution is -2.31. The van der Waals surface area contributed by atoms with Crippen LogP contribution in [0.5, 0.6) is 11.5 Å². The summed E-state index contributed by atoms with van der Waals surface area (Å²) < 4.78 is 41.6. The third-order valence-corrected chi connectivity index (χ3v) is 4.15. The molecular weight excluding hydrogens is 384 g/mol. The first-order chi connectivity index (χ1) is 12.8. The van der Waals surface area contributed by atoms with Crippen LogP contribution in [-0.2, 0) is 9.53 Å². The van der Waals surface area contributed by atoms with E-state index in [0.29, 0.717) is 23.6 Å². The lowest BCUT2D eigenvalue weighted by atomic mass is 10.1. The number of esters is 1. The molecule has 1 heterocycles. The van der Waals surface area contributed by atoms with Crippen LogP contribution in [0.1, 0.15) is 28.9 Å². The minimum atomic E-state index is -1.24. The molecule has 1 N–H and O–H groups in total. The molecule has 0 saturated carbocycles. The maximum Gasteiger partial charge on any atom is 0.340 e. The zero-order valence-corrected chi connectivity index (χ0v) is 14.8. The molecule has 142 valence electrons. The summed E-state index contributed by atoms with van der Waals surface area (Å²) >= 11 is 5.69. The van der Waals surface area contributed by atoms with E-state index in [1.807, 2.05) is 0 Å². The molecule has 0 unspecified atom stereocenters. The number of fused-ring (bicyclic) bond motifs is 1. The average Bonchev–Trinajstić information content (AvgIpc) is 3.10. The molecule has 1 atom stereocenters. The molecule has 2 aromatic rings. The number of halogens is 3. The summed E-state index contributed by atoms with van der Waals surface area (Å²) in [5.41, 5.74) is 0.398. The number of carbonyl (C=O) groups is 2. The molecule has 0 fully saturated rings. The number of hydrogen-bond donors (Lipinski definition) is 1. The van der Waals surface area contributed by atoms with E-state index >= 15 is 0 Å². The molecule has 1 aliphatic rings. The summed E-state index contributed by atoms with van der Waals surface area (Å²) in [4.78, 5) is 23.9. The predicted octanol–water partition coefficient (Wildman–Crippen LogP) is 3.38. The Morgan fingerprint density at radius 1 is 1.19 bits per heavy atom. The minimum absolute atomic E-state index is 0.141. The fourth-order valence-electron chi connectivity index (χ4n) is 2.44. The van der Waals surface area contributed by atoms with Gasteiger partial charge < -0.3 is 19.5 Å². The van der Waals surface area contributed by atoms with Gasteiger partial charge in [-0.05, 0) is 36.8 Å². The van der Waals surface area contributed by atoms with Crippen molar-refractivity contribution in [2.75, 3.05) is 13.4 Å². The summed E-state index contributed by atoms with van der Waals surface area (Å²) in [5, 5.41) is 2.34. The molecule has 1 amide bonds. The maximum absolute atomic E-state index is 13.2.